The summed E-state index contributed by atoms with van der Waals surface area (Å²) in [5, 5.41) is 3.43. The average molecular weight is 232 g/mol. The van der Waals surface area contributed by atoms with Crippen LogP contribution < -0.4 is 5.32 Å². The van der Waals surface area contributed by atoms with E-state index in [1.807, 2.05) is 38.1 Å². The standard InChI is InChI=1S/C12H12N2OS/c1-8-5-3-4-6-10(8)11(15)14-12-13-7-9(2)16-12/h3-7H,1-2H3,(H,13,14,15). The molecular weight excluding hydrogens is 220 g/mol. The molecule has 0 spiro atoms. The van der Waals surface area contributed by atoms with Crippen LogP contribution >= 0.6 is 11.3 Å². The summed E-state index contributed by atoms with van der Waals surface area (Å²) in [6.07, 6.45) is 1.75. The van der Waals surface area contributed by atoms with Crippen LogP contribution in [-0.4, -0.2) is 10.9 Å². The molecule has 82 valence electrons. The van der Waals surface area contributed by atoms with Crippen LogP contribution in [0, 0.1) is 13.8 Å². The van der Waals surface area contributed by atoms with E-state index in [4.69, 9.17) is 0 Å². The summed E-state index contributed by atoms with van der Waals surface area (Å²) in [6.45, 7) is 3.88. The van der Waals surface area contributed by atoms with Crippen molar-refractivity contribution in [1.29, 1.82) is 0 Å². The summed E-state index contributed by atoms with van der Waals surface area (Å²) in [6, 6.07) is 7.50. The fraction of sp³-hybridized carbons (Fsp3) is 0.167. The molecule has 1 heterocycles. The van der Waals surface area contributed by atoms with Crippen molar-refractivity contribution in [3.05, 3.63) is 46.5 Å². The molecule has 1 aromatic heterocycles. The van der Waals surface area contributed by atoms with Crippen molar-refractivity contribution in [2.75, 3.05) is 5.32 Å². The fourth-order valence-corrected chi connectivity index (χ4v) is 2.06. The molecular formula is C12H12N2OS. The minimum Gasteiger partial charge on any atom is -0.298 e. The molecule has 0 radical (unpaired) electrons. The summed E-state index contributed by atoms with van der Waals surface area (Å²) in [4.78, 5) is 17.1. The van der Waals surface area contributed by atoms with Gasteiger partial charge in [-0.3, -0.25) is 10.1 Å². The van der Waals surface area contributed by atoms with E-state index < -0.39 is 0 Å². The highest BCUT2D eigenvalue weighted by Gasteiger charge is 2.09. The third kappa shape index (κ3) is 2.28. The van der Waals surface area contributed by atoms with Gasteiger partial charge in [-0.05, 0) is 25.5 Å². The molecule has 1 N–H and O–H groups in total. The molecule has 0 aliphatic heterocycles. The second-order valence-corrected chi connectivity index (χ2v) is 4.78. The number of thiazole rings is 1. The lowest BCUT2D eigenvalue weighted by atomic mass is 10.1. The maximum absolute atomic E-state index is 11.9. The Hall–Kier alpha value is -1.68. The molecule has 0 aliphatic rings. The minimum absolute atomic E-state index is 0.104. The van der Waals surface area contributed by atoms with Crippen molar-refractivity contribution in [2.24, 2.45) is 0 Å². The predicted octanol–water partition coefficient (Wildman–Crippen LogP) is 3.01. The zero-order valence-electron chi connectivity index (χ0n) is 9.15. The molecule has 0 saturated heterocycles. The molecule has 0 fully saturated rings. The molecule has 1 aromatic carbocycles. The van der Waals surface area contributed by atoms with Gasteiger partial charge in [-0.25, -0.2) is 4.98 Å². The van der Waals surface area contributed by atoms with Gasteiger partial charge < -0.3 is 0 Å². The van der Waals surface area contributed by atoms with E-state index in [-0.39, 0.29) is 5.91 Å². The second kappa shape index (κ2) is 4.45. The van der Waals surface area contributed by atoms with E-state index >= 15 is 0 Å². The van der Waals surface area contributed by atoms with Gasteiger partial charge in [0.15, 0.2) is 5.13 Å². The fourth-order valence-electron chi connectivity index (χ4n) is 1.40. The molecule has 0 saturated carbocycles. The molecule has 16 heavy (non-hydrogen) atoms. The monoisotopic (exact) mass is 232 g/mol. The number of benzene rings is 1. The van der Waals surface area contributed by atoms with Crippen LogP contribution in [0.2, 0.25) is 0 Å². The highest BCUT2D eigenvalue weighted by atomic mass is 32.1. The first-order chi connectivity index (χ1) is 7.66. The molecule has 0 aliphatic carbocycles. The number of nitrogens with one attached hydrogen (secondary N) is 1. The van der Waals surface area contributed by atoms with E-state index in [1.54, 1.807) is 6.20 Å². The van der Waals surface area contributed by atoms with Gasteiger partial charge in [0, 0.05) is 16.6 Å². The number of amides is 1. The van der Waals surface area contributed by atoms with Crippen LogP contribution in [0.5, 0.6) is 0 Å². The van der Waals surface area contributed by atoms with Gasteiger partial charge in [-0.15, -0.1) is 11.3 Å². The first-order valence-corrected chi connectivity index (χ1v) is 5.78. The Bertz CT molecular complexity index is 519. The lowest BCUT2D eigenvalue weighted by Gasteiger charge is -2.04. The number of aryl methyl sites for hydroxylation is 2. The Kier molecular flexibility index (Phi) is 3.01. The first-order valence-electron chi connectivity index (χ1n) is 4.96. The number of aromatic nitrogens is 1. The van der Waals surface area contributed by atoms with Crippen molar-refractivity contribution < 1.29 is 4.79 Å². The summed E-state index contributed by atoms with van der Waals surface area (Å²) in [5.74, 6) is -0.104. The molecule has 0 atom stereocenters. The highest BCUT2D eigenvalue weighted by Crippen LogP contribution is 2.18. The summed E-state index contributed by atoms with van der Waals surface area (Å²) >= 11 is 1.47. The minimum atomic E-state index is -0.104. The Labute approximate surface area is 98.2 Å². The van der Waals surface area contributed by atoms with E-state index in [1.165, 1.54) is 11.3 Å². The number of anilines is 1. The van der Waals surface area contributed by atoms with Gasteiger partial charge in [0.25, 0.3) is 5.91 Å². The maximum atomic E-state index is 11.9. The number of rotatable bonds is 2. The largest absolute Gasteiger partial charge is 0.298 e. The van der Waals surface area contributed by atoms with E-state index in [0.717, 1.165) is 10.4 Å². The number of carbonyl (C=O) groups excluding carboxylic acids is 1. The summed E-state index contributed by atoms with van der Waals surface area (Å²) in [5.41, 5.74) is 1.66. The van der Waals surface area contributed by atoms with Crippen molar-refractivity contribution >= 4 is 22.4 Å². The number of hydrogen-bond donors (Lipinski definition) is 1. The maximum Gasteiger partial charge on any atom is 0.257 e. The number of carbonyl (C=O) groups is 1. The third-order valence-corrected chi connectivity index (χ3v) is 3.06. The quantitative estimate of drug-likeness (QED) is 0.864. The summed E-state index contributed by atoms with van der Waals surface area (Å²) < 4.78 is 0. The molecule has 2 aromatic rings. The van der Waals surface area contributed by atoms with Gasteiger partial charge in [0.2, 0.25) is 0 Å². The lowest BCUT2D eigenvalue weighted by Crippen LogP contribution is -2.12. The number of hydrogen-bond acceptors (Lipinski definition) is 3. The summed E-state index contributed by atoms with van der Waals surface area (Å²) in [7, 11) is 0. The Balaban J connectivity index is 2.18. The van der Waals surface area contributed by atoms with E-state index in [2.05, 4.69) is 10.3 Å². The normalized spacial score (nSPS) is 10.1. The average Bonchev–Trinajstić information content (AvgIpc) is 2.64. The zero-order chi connectivity index (χ0) is 11.5. The number of nitrogens with zero attached hydrogens (tertiary/aromatic N) is 1. The molecule has 0 unspecified atom stereocenters. The Morgan fingerprint density at radius 3 is 2.69 bits per heavy atom. The van der Waals surface area contributed by atoms with Crippen molar-refractivity contribution in [1.82, 2.24) is 4.98 Å². The molecule has 0 bridgehead atoms. The van der Waals surface area contributed by atoms with Crippen LogP contribution in [0.25, 0.3) is 0 Å². The van der Waals surface area contributed by atoms with Crippen molar-refractivity contribution in [3.63, 3.8) is 0 Å². The van der Waals surface area contributed by atoms with Crippen LogP contribution in [0.3, 0.4) is 0 Å². The van der Waals surface area contributed by atoms with Gasteiger partial charge in [-0.2, -0.15) is 0 Å². The van der Waals surface area contributed by atoms with Crippen LogP contribution in [0.1, 0.15) is 20.8 Å². The zero-order valence-corrected chi connectivity index (χ0v) is 9.97. The topological polar surface area (TPSA) is 42.0 Å². The van der Waals surface area contributed by atoms with E-state index in [0.29, 0.717) is 10.7 Å². The van der Waals surface area contributed by atoms with Crippen LogP contribution in [0.15, 0.2) is 30.5 Å². The Morgan fingerprint density at radius 1 is 1.31 bits per heavy atom. The van der Waals surface area contributed by atoms with Crippen molar-refractivity contribution in [3.8, 4) is 0 Å². The smallest absolute Gasteiger partial charge is 0.257 e. The predicted molar refractivity (Wildman–Crippen MR) is 66.0 cm³/mol. The van der Waals surface area contributed by atoms with Gasteiger partial charge in [-0.1, -0.05) is 18.2 Å². The van der Waals surface area contributed by atoms with E-state index in [9.17, 15) is 4.79 Å². The molecule has 1 amide bonds. The first kappa shape index (κ1) is 10.8. The van der Waals surface area contributed by atoms with Gasteiger partial charge in [0.1, 0.15) is 0 Å². The van der Waals surface area contributed by atoms with Gasteiger partial charge >= 0.3 is 0 Å². The van der Waals surface area contributed by atoms with Gasteiger partial charge in [0.05, 0.1) is 0 Å². The lowest BCUT2D eigenvalue weighted by molar-refractivity contribution is 0.102. The molecule has 4 heteroatoms. The Morgan fingerprint density at radius 2 is 2.06 bits per heavy atom. The van der Waals surface area contributed by atoms with Crippen LogP contribution in [0.4, 0.5) is 5.13 Å². The highest BCUT2D eigenvalue weighted by molar-refractivity contribution is 7.15. The van der Waals surface area contributed by atoms with Crippen LogP contribution in [-0.2, 0) is 0 Å². The second-order valence-electron chi connectivity index (χ2n) is 3.55. The third-order valence-electron chi connectivity index (χ3n) is 2.23. The SMILES string of the molecule is Cc1cnc(NC(=O)c2ccccc2C)s1. The molecule has 2 rings (SSSR count). The molecule has 3 nitrogen and oxygen atoms in total. The van der Waals surface area contributed by atoms with Crippen molar-refractivity contribution in [2.45, 2.75) is 13.8 Å².